The number of ether oxygens (including phenoxy) is 1. The van der Waals surface area contributed by atoms with E-state index in [-0.39, 0.29) is 42.2 Å². The zero-order valence-corrected chi connectivity index (χ0v) is 26.7. The van der Waals surface area contributed by atoms with Gasteiger partial charge in [-0.1, -0.05) is 36.9 Å². The van der Waals surface area contributed by atoms with Gasteiger partial charge in [0.25, 0.3) is 11.8 Å². The average molecular weight is 637 g/mol. The molecule has 0 aromatic heterocycles. The maximum absolute atomic E-state index is 14.1. The molecule has 0 aliphatic carbocycles. The SMILES string of the molecule is C=CCO/N=C(\C)c1cc(C(=O)N[C@@H](Cc2cc(F)cc(F)c2)[C@H](O)CNCc2cccc(OC)c2)cc(C(=O)N(C)CCC)c1. The van der Waals surface area contributed by atoms with Crippen LogP contribution in [0.5, 0.6) is 5.75 Å². The first-order chi connectivity index (χ1) is 22.0. The van der Waals surface area contributed by atoms with Crippen LogP contribution >= 0.6 is 0 Å². The van der Waals surface area contributed by atoms with Crippen LogP contribution < -0.4 is 15.4 Å². The zero-order valence-electron chi connectivity index (χ0n) is 26.7. The molecule has 0 unspecified atom stereocenters. The number of nitrogens with zero attached hydrogens (tertiary/aromatic N) is 2. The summed E-state index contributed by atoms with van der Waals surface area (Å²) in [5.41, 5.74) is 2.47. The third kappa shape index (κ3) is 10.8. The number of carbonyl (C=O) groups excluding carboxylic acids is 2. The molecule has 9 nitrogen and oxygen atoms in total. The number of methoxy groups -OCH3 is 1. The van der Waals surface area contributed by atoms with Crippen molar-refractivity contribution in [1.82, 2.24) is 15.5 Å². The topological polar surface area (TPSA) is 112 Å². The van der Waals surface area contributed by atoms with Crippen molar-refractivity contribution < 1.29 is 33.1 Å². The Bertz CT molecular complexity index is 1510. The van der Waals surface area contributed by atoms with Gasteiger partial charge in [0.2, 0.25) is 0 Å². The second-order valence-electron chi connectivity index (χ2n) is 10.9. The Morgan fingerprint density at radius 1 is 1.04 bits per heavy atom. The standard InChI is InChI=1S/C35H42F2N4O5/c1-6-11-41(4)35(44)28-18-26(23(3)40-46-12-7-2)17-27(19-28)34(43)39-32(16-25-13-29(36)20-30(37)14-25)33(42)22-38-21-24-9-8-10-31(15-24)45-5/h7-10,13-15,17-20,32-33,38,42H,2,6,11-12,16,21-22H2,1,3-5H3,(H,39,43)/b40-23+/t32-,33+/m0/s1. The minimum absolute atomic E-state index is 0.0535. The molecular weight excluding hydrogens is 594 g/mol. The maximum atomic E-state index is 14.1. The molecule has 0 heterocycles. The largest absolute Gasteiger partial charge is 0.497 e. The summed E-state index contributed by atoms with van der Waals surface area (Å²) in [6, 6.07) is 14.2. The van der Waals surface area contributed by atoms with Crippen LogP contribution in [0.3, 0.4) is 0 Å². The number of benzene rings is 3. The summed E-state index contributed by atoms with van der Waals surface area (Å²) >= 11 is 0. The predicted molar refractivity (Wildman–Crippen MR) is 174 cm³/mol. The first-order valence-electron chi connectivity index (χ1n) is 15.0. The molecule has 3 N–H and O–H groups in total. The average Bonchev–Trinajstić information content (AvgIpc) is 3.03. The lowest BCUT2D eigenvalue weighted by Gasteiger charge is -2.25. The lowest BCUT2D eigenvalue weighted by atomic mass is 9.98. The zero-order chi connectivity index (χ0) is 33.6. The number of nitrogens with one attached hydrogen (secondary N) is 2. The number of amides is 2. The minimum Gasteiger partial charge on any atom is -0.497 e. The molecular formula is C35H42F2N4O5. The molecule has 0 bridgehead atoms. The predicted octanol–water partition coefficient (Wildman–Crippen LogP) is 4.87. The smallest absolute Gasteiger partial charge is 0.253 e. The fraction of sp³-hybridized carbons (Fsp3) is 0.343. The van der Waals surface area contributed by atoms with Crippen LogP contribution in [-0.2, 0) is 17.8 Å². The number of oxime groups is 1. The quantitative estimate of drug-likeness (QED) is 0.0844. The Kier molecular flexibility index (Phi) is 13.9. The summed E-state index contributed by atoms with van der Waals surface area (Å²) in [7, 11) is 3.25. The Hall–Kier alpha value is -4.61. The maximum Gasteiger partial charge on any atom is 0.253 e. The molecule has 3 aromatic carbocycles. The highest BCUT2D eigenvalue weighted by Crippen LogP contribution is 2.17. The van der Waals surface area contributed by atoms with Crippen molar-refractivity contribution in [3.05, 3.63) is 113 Å². The van der Waals surface area contributed by atoms with E-state index in [2.05, 4.69) is 22.4 Å². The van der Waals surface area contributed by atoms with Crippen molar-refractivity contribution in [2.45, 2.75) is 45.4 Å². The minimum atomic E-state index is -1.16. The van der Waals surface area contributed by atoms with Gasteiger partial charge >= 0.3 is 0 Å². The van der Waals surface area contributed by atoms with Gasteiger partial charge in [0.1, 0.15) is 24.0 Å². The summed E-state index contributed by atoms with van der Waals surface area (Å²) in [6.45, 7) is 8.37. The molecule has 2 atom stereocenters. The molecule has 0 spiro atoms. The van der Waals surface area contributed by atoms with Gasteiger partial charge in [0.15, 0.2) is 0 Å². The Morgan fingerprint density at radius 3 is 2.41 bits per heavy atom. The molecule has 0 fully saturated rings. The molecule has 0 radical (unpaired) electrons. The van der Waals surface area contributed by atoms with Crippen LogP contribution in [0.1, 0.15) is 57.7 Å². The van der Waals surface area contributed by atoms with Crippen molar-refractivity contribution in [3.63, 3.8) is 0 Å². The highest BCUT2D eigenvalue weighted by Gasteiger charge is 2.24. The highest BCUT2D eigenvalue weighted by atomic mass is 19.1. The van der Waals surface area contributed by atoms with Crippen LogP contribution in [-0.4, -0.2) is 73.5 Å². The van der Waals surface area contributed by atoms with E-state index in [1.165, 1.54) is 12.1 Å². The van der Waals surface area contributed by atoms with Crippen LogP contribution in [0, 0.1) is 11.6 Å². The number of aliphatic hydroxyl groups excluding tert-OH is 1. The van der Waals surface area contributed by atoms with E-state index in [0.29, 0.717) is 30.1 Å². The highest BCUT2D eigenvalue weighted by molar-refractivity contribution is 6.06. The first-order valence-corrected chi connectivity index (χ1v) is 15.0. The van der Waals surface area contributed by atoms with Crippen LogP contribution in [0.15, 0.2) is 78.5 Å². The normalized spacial score (nSPS) is 12.6. The van der Waals surface area contributed by atoms with Crippen molar-refractivity contribution in [2.75, 3.05) is 33.9 Å². The van der Waals surface area contributed by atoms with E-state index in [9.17, 15) is 23.5 Å². The molecule has 3 rings (SSSR count). The summed E-state index contributed by atoms with van der Waals surface area (Å²) in [5.74, 6) is -1.74. The fourth-order valence-corrected chi connectivity index (χ4v) is 4.79. The van der Waals surface area contributed by atoms with Crippen LogP contribution in [0.2, 0.25) is 0 Å². The first kappa shape index (κ1) is 35.9. The van der Waals surface area contributed by atoms with E-state index in [0.717, 1.165) is 30.2 Å². The van der Waals surface area contributed by atoms with Crippen LogP contribution in [0.4, 0.5) is 8.78 Å². The Labute approximate surface area is 268 Å². The molecule has 46 heavy (non-hydrogen) atoms. The fourth-order valence-electron chi connectivity index (χ4n) is 4.79. The van der Waals surface area contributed by atoms with Crippen molar-refractivity contribution in [2.24, 2.45) is 5.16 Å². The second-order valence-corrected chi connectivity index (χ2v) is 10.9. The Balaban J connectivity index is 1.91. The monoisotopic (exact) mass is 636 g/mol. The van der Waals surface area contributed by atoms with E-state index < -0.39 is 29.7 Å². The van der Waals surface area contributed by atoms with Gasteiger partial charge in [-0.2, -0.15) is 0 Å². The van der Waals surface area contributed by atoms with E-state index in [4.69, 9.17) is 9.57 Å². The number of hydrogen-bond acceptors (Lipinski definition) is 7. The molecule has 0 saturated carbocycles. The summed E-state index contributed by atoms with van der Waals surface area (Å²) in [4.78, 5) is 33.8. The van der Waals surface area contributed by atoms with E-state index >= 15 is 0 Å². The lowest BCUT2D eigenvalue weighted by molar-refractivity contribution is 0.0795. The lowest BCUT2D eigenvalue weighted by Crippen LogP contribution is -2.48. The summed E-state index contributed by atoms with van der Waals surface area (Å²) < 4.78 is 33.4. The second kappa shape index (κ2) is 17.8. The van der Waals surface area contributed by atoms with Crippen molar-refractivity contribution in [1.29, 1.82) is 0 Å². The molecule has 0 saturated heterocycles. The molecule has 0 aliphatic rings. The molecule has 0 aliphatic heterocycles. The number of rotatable bonds is 17. The third-order valence-corrected chi connectivity index (χ3v) is 7.14. The van der Waals surface area contributed by atoms with Gasteiger partial charge < -0.3 is 30.2 Å². The molecule has 246 valence electrons. The van der Waals surface area contributed by atoms with Crippen molar-refractivity contribution in [3.8, 4) is 5.75 Å². The van der Waals surface area contributed by atoms with Crippen molar-refractivity contribution >= 4 is 17.5 Å². The van der Waals surface area contributed by atoms with Gasteiger partial charge in [0, 0.05) is 49.4 Å². The van der Waals surface area contributed by atoms with Gasteiger partial charge in [0.05, 0.1) is 25.0 Å². The Morgan fingerprint density at radius 2 is 1.74 bits per heavy atom. The number of carbonyl (C=O) groups is 2. The summed E-state index contributed by atoms with van der Waals surface area (Å²) in [5, 5.41) is 21.3. The van der Waals surface area contributed by atoms with Gasteiger partial charge in [-0.05, 0) is 73.4 Å². The van der Waals surface area contributed by atoms with Gasteiger partial charge in [-0.15, -0.1) is 0 Å². The number of hydrogen-bond donors (Lipinski definition) is 3. The third-order valence-electron chi connectivity index (χ3n) is 7.14. The summed E-state index contributed by atoms with van der Waals surface area (Å²) in [6.07, 6.45) is 1.06. The molecule has 3 aromatic rings. The number of halogens is 2. The van der Waals surface area contributed by atoms with E-state index in [1.54, 1.807) is 38.1 Å². The van der Waals surface area contributed by atoms with Gasteiger partial charge in [-0.3, -0.25) is 9.59 Å². The molecule has 11 heteroatoms. The van der Waals surface area contributed by atoms with Gasteiger partial charge in [-0.25, -0.2) is 8.78 Å². The van der Waals surface area contributed by atoms with Crippen LogP contribution in [0.25, 0.3) is 0 Å². The number of aliphatic hydroxyl groups is 1. The molecule has 2 amide bonds. The van der Waals surface area contributed by atoms with E-state index in [1.807, 2.05) is 31.2 Å².